The number of nitrogens with two attached hydrogens (primary N) is 1. The molecule has 1 rings (SSSR count). The van der Waals surface area contributed by atoms with E-state index in [1.807, 2.05) is 11.8 Å². The Balaban J connectivity index is 2.70. The second kappa shape index (κ2) is 7.06. The average molecular weight is 269 g/mol. The van der Waals surface area contributed by atoms with Crippen LogP contribution < -0.4 is 11.1 Å². The maximum absolute atomic E-state index is 13.0. The summed E-state index contributed by atoms with van der Waals surface area (Å²) >= 11 is 0. The number of nitrogens with zero attached hydrogens (tertiary/aromatic N) is 1. The van der Waals surface area contributed by atoms with Crippen molar-refractivity contribution in [3.8, 4) is 0 Å². The van der Waals surface area contributed by atoms with Crippen LogP contribution in [-0.2, 0) is 4.79 Å². The highest BCUT2D eigenvalue weighted by molar-refractivity contribution is 5.94. The summed E-state index contributed by atoms with van der Waals surface area (Å²) in [7, 11) is 0. The molecule has 0 fully saturated rings. The van der Waals surface area contributed by atoms with Crippen molar-refractivity contribution >= 4 is 17.3 Å². The summed E-state index contributed by atoms with van der Waals surface area (Å²) in [6, 6.07) is 3.66. The fourth-order valence-electron chi connectivity index (χ4n) is 1.79. The van der Waals surface area contributed by atoms with Gasteiger partial charge in [-0.3, -0.25) is 9.69 Å². The van der Waals surface area contributed by atoms with Crippen LogP contribution in [0.1, 0.15) is 13.8 Å². The van der Waals surface area contributed by atoms with E-state index in [2.05, 4.69) is 5.32 Å². The van der Waals surface area contributed by atoms with Gasteiger partial charge < -0.3 is 16.2 Å². The van der Waals surface area contributed by atoms with Gasteiger partial charge in [0.1, 0.15) is 5.82 Å². The van der Waals surface area contributed by atoms with Crippen LogP contribution in [0.25, 0.3) is 0 Å². The summed E-state index contributed by atoms with van der Waals surface area (Å²) in [5.74, 6) is -0.733. The number of aliphatic hydroxyl groups is 1. The van der Waals surface area contributed by atoms with E-state index in [-0.39, 0.29) is 24.2 Å². The maximum Gasteiger partial charge on any atom is 0.241 e. The van der Waals surface area contributed by atoms with E-state index >= 15 is 0 Å². The second-order valence-electron chi connectivity index (χ2n) is 4.25. The van der Waals surface area contributed by atoms with Crippen molar-refractivity contribution in [2.45, 2.75) is 19.9 Å². The Kier molecular flexibility index (Phi) is 5.72. The van der Waals surface area contributed by atoms with Crippen molar-refractivity contribution in [2.75, 3.05) is 30.7 Å². The summed E-state index contributed by atoms with van der Waals surface area (Å²) in [6.07, 6.45) is 0. The molecule has 1 amide bonds. The number of carbonyl (C=O) groups is 1. The van der Waals surface area contributed by atoms with Gasteiger partial charge in [-0.1, -0.05) is 6.92 Å². The molecular formula is C13H20FN3O2. The van der Waals surface area contributed by atoms with Crippen LogP contribution in [0.2, 0.25) is 0 Å². The van der Waals surface area contributed by atoms with E-state index in [1.54, 1.807) is 6.92 Å². The SMILES string of the molecule is CCN(CCO)C(C)C(=O)Nc1ccc(F)c(N)c1. The number of benzene rings is 1. The minimum atomic E-state index is -0.512. The van der Waals surface area contributed by atoms with E-state index in [1.165, 1.54) is 18.2 Å². The second-order valence-corrected chi connectivity index (χ2v) is 4.25. The van der Waals surface area contributed by atoms with Crippen LogP contribution >= 0.6 is 0 Å². The first-order valence-corrected chi connectivity index (χ1v) is 6.20. The van der Waals surface area contributed by atoms with Gasteiger partial charge in [0, 0.05) is 12.2 Å². The van der Waals surface area contributed by atoms with Gasteiger partial charge in [-0.15, -0.1) is 0 Å². The molecule has 1 unspecified atom stereocenters. The van der Waals surface area contributed by atoms with Crippen LogP contribution in [0.3, 0.4) is 0 Å². The molecule has 1 atom stereocenters. The minimum absolute atomic E-state index is 0.00500. The molecule has 0 radical (unpaired) electrons. The van der Waals surface area contributed by atoms with Gasteiger partial charge in [-0.05, 0) is 31.7 Å². The maximum atomic E-state index is 13.0. The number of nitrogen functional groups attached to an aromatic ring is 1. The largest absolute Gasteiger partial charge is 0.396 e. The molecule has 0 aliphatic heterocycles. The zero-order valence-corrected chi connectivity index (χ0v) is 11.2. The third-order valence-corrected chi connectivity index (χ3v) is 2.98. The van der Waals surface area contributed by atoms with Crippen molar-refractivity contribution in [1.29, 1.82) is 0 Å². The highest BCUT2D eigenvalue weighted by Crippen LogP contribution is 2.16. The number of hydrogen-bond acceptors (Lipinski definition) is 4. The molecule has 1 aromatic carbocycles. The van der Waals surface area contributed by atoms with E-state index in [0.717, 1.165) is 0 Å². The van der Waals surface area contributed by atoms with Gasteiger partial charge in [0.2, 0.25) is 5.91 Å². The van der Waals surface area contributed by atoms with Gasteiger partial charge in [0.05, 0.1) is 18.3 Å². The van der Waals surface area contributed by atoms with Crippen LogP contribution in [0.4, 0.5) is 15.8 Å². The lowest BCUT2D eigenvalue weighted by atomic mass is 10.2. The van der Waals surface area contributed by atoms with Crippen LogP contribution in [-0.4, -0.2) is 41.7 Å². The summed E-state index contributed by atoms with van der Waals surface area (Å²) in [5.41, 5.74) is 5.88. The number of halogens is 1. The Hall–Kier alpha value is -1.66. The van der Waals surface area contributed by atoms with Crippen molar-refractivity contribution in [3.05, 3.63) is 24.0 Å². The fraction of sp³-hybridized carbons (Fsp3) is 0.462. The van der Waals surface area contributed by atoms with Crippen LogP contribution in [0.5, 0.6) is 0 Å². The quantitative estimate of drug-likeness (QED) is 0.674. The smallest absolute Gasteiger partial charge is 0.241 e. The lowest BCUT2D eigenvalue weighted by Crippen LogP contribution is -2.43. The number of rotatable bonds is 6. The highest BCUT2D eigenvalue weighted by atomic mass is 19.1. The molecule has 5 nitrogen and oxygen atoms in total. The van der Waals surface area contributed by atoms with E-state index in [9.17, 15) is 9.18 Å². The van der Waals surface area contributed by atoms with Gasteiger partial charge in [0.15, 0.2) is 0 Å². The van der Waals surface area contributed by atoms with Crippen molar-refractivity contribution in [2.24, 2.45) is 0 Å². The lowest BCUT2D eigenvalue weighted by Gasteiger charge is -2.26. The molecule has 0 bridgehead atoms. The molecule has 0 aliphatic carbocycles. The number of amides is 1. The minimum Gasteiger partial charge on any atom is -0.396 e. The summed E-state index contributed by atoms with van der Waals surface area (Å²) in [5, 5.41) is 11.6. The lowest BCUT2D eigenvalue weighted by molar-refractivity contribution is -0.120. The Morgan fingerprint density at radius 3 is 2.79 bits per heavy atom. The number of anilines is 2. The zero-order chi connectivity index (χ0) is 14.4. The van der Waals surface area contributed by atoms with Crippen molar-refractivity contribution in [3.63, 3.8) is 0 Å². The molecule has 19 heavy (non-hydrogen) atoms. The summed E-state index contributed by atoms with van der Waals surface area (Å²) in [4.78, 5) is 13.9. The van der Waals surface area contributed by atoms with E-state index < -0.39 is 5.82 Å². The number of aliphatic hydroxyl groups excluding tert-OH is 1. The van der Waals surface area contributed by atoms with Gasteiger partial charge >= 0.3 is 0 Å². The Morgan fingerprint density at radius 1 is 1.58 bits per heavy atom. The first kappa shape index (κ1) is 15.4. The molecule has 0 aliphatic rings. The van der Waals surface area contributed by atoms with Gasteiger partial charge in [0.25, 0.3) is 0 Å². The van der Waals surface area contributed by atoms with E-state index in [4.69, 9.17) is 10.8 Å². The topological polar surface area (TPSA) is 78.6 Å². The van der Waals surface area contributed by atoms with E-state index in [0.29, 0.717) is 18.8 Å². The van der Waals surface area contributed by atoms with Crippen molar-refractivity contribution in [1.82, 2.24) is 4.90 Å². The summed E-state index contributed by atoms with van der Waals surface area (Å²) < 4.78 is 13.0. The predicted molar refractivity (Wildman–Crippen MR) is 73.2 cm³/mol. The average Bonchev–Trinajstić information content (AvgIpc) is 2.39. The molecule has 4 N–H and O–H groups in total. The molecule has 0 heterocycles. The molecule has 0 spiro atoms. The molecule has 0 aromatic heterocycles. The van der Waals surface area contributed by atoms with Crippen LogP contribution in [0.15, 0.2) is 18.2 Å². The normalized spacial score (nSPS) is 12.5. The predicted octanol–water partition coefficient (Wildman–Crippen LogP) is 1.05. The molecule has 0 saturated heterocycles. The fourth-order valence-corrected chi connectivity index (χ4v) is 1.79. The van der Waals surface area contributed by atoms with Gasteiger partial charge in [-0.2, -0.15) is 0 Å². The third-order valence-electron chi connectivity index (χ3n) is 2.98. The highest BCUT2D eigenvalue weighted by Gasteiger charge is 2.19. The monoisotopic (exact) mass is 269 g/mol. The Bertz CT molecular complexity index is 440. The van der Waals surface area contributed by atoms with Crippen molar-refractivity contribution < 1.29 is 14.3 Å². The zero-order valence-electron chi connectivity index (χ0n) is 11.2. The van der Waals surface area contributed by atoms with Gasteiger partial charge in [-0.25, -0.2) is 4.39 Å². The molecule has 0 saturated carbocycles. The number of nitrogens with one attached hydrogen (secondary N) is 1. The molecule has 1 aromatic rings. The summed E-state index contributed by atoms with van der Waals surface area (Å²) in [6.45, 7) is 4.74. The molecule has 106 valence electrons. The molecule has 6 heteroatoms. The number of carbonyl (C=O) groups excluding carboxylic acids is 1. The first-order valence-electron chi connectivity index (χ1n) is 6.20. The third kappa shape index (κ3) is 4.18. The van der Waals surface area contributed by atoms with Crippen LogP contribution in [0, 0.1) is 5.82 Å². The molecular weight excluding hydrogens is 249 g/mol. The first-order chi connectivity index (χ1) is 8.99. The Labute approximate surface area is 112 Å². The standard InChI is InChI=1S/C13H20FN3O2/c1-3-17(6-7-18)9(2)13(19)16-10-4-5-11(14)12(15)8-10/h4-5,8-9,18H,3,6-7,15H2,1-2H3,(H,16,19). The number of hydrogen-bond donors (Lipinski definition) is 3. The Morgan fingerprint density at radius 2 is 2.26 bits per heavy atom. The number of likely N-dealkylation sites (N-methyl/N-ethyl adjacent to an activating group) is 1.